The summed E-state index contributed by atoms with van der Waals surface area (Å²) in [6, 6.07) is 14.4. The van der Waals surface area contributed by atoms with E-state index in [1.54, 1.807) is 12.1 Å². The number of aryl methyl sites for hydroxylation is 1. The van der Waals surface area contributed by atoms with Gasteiger partial charge in [0.15, 0.2) is 0 Å². The molecule has 0 saturated carbocycles. The van der Waals surface area contributed by atoms with Gasteiger partial charge in [-0.3, -0.25) is 0 Å². The van der Waals surface area contributed by atoms with Gasteiger partial charge in [-0.25, -0.2) is 12.4 Å². The number of hydrogen-bond acceptors (Lipinski definition) is 3. The van der Waals surface area contributed by atoms with Gasteiger partial charge in [-0.05, 0) is 47.3 Å². The van der Waals surface area contributed by atoms with E-state index in [0.29, 0.717) is 10.1 Å². The summed E-state index contributed by atoms with van der Waals surface area (Å²) in [5.41, 5.74) is 1.71. The predicted octanol–water partition coefficient (Wildman–Crippen LogP) is 4.67. The first kappa shape index (κ1) is 15.6. The number of thioether (sulfide) groups is 1. The van der Waals surface area contributed by atoms with Crippen molar-refractivity contribution >= 4 is 48.6 Å². The SMILES string of the molecule is CSc1c(Br)n(S(=O)(=O)c2ccc(C)cc2)c2ccccc12. The smallest absolute Gasteiger partial charge is 0.226 e. The average molecular weight is 396 g/mol. The fraction of sp³-hybridized carbons (Fsp3) is 0.125. The van der Waals surface area contributed by atoms with E-state index in [-0.39, 0.29) is 4.90 Å². The van der Waals surface area contributed by atoms with Crippen LogP contribution in [0.1, 0.15) is 5.56 Å². The molecule has 1 heterocycles. The lowest BCUT2D eigenvalue weighted by Gasteiger charge is -2.09. The summed E-state index contributed by atoms with van der Waals surface area (Å²) in [6.07, 6.45) is 1.94. The third-order valence-corrected chi connectivity index (χ3v) is 7.29. The minimum absolute atomic E-state index is 0.284. The van der Waals surface area contributed by atoms with Gasteiger partial charge >= 0.3 is 0 Å². The highest BCUT2D eigenvalue weighted by atomic mass is 79.9. The van der Waals surface area contributed by atoms with Gasteiger partial charge in [-0.1, -0.05) is 35.9 Å². The molecule has 0 unspecified atom stereocenters. The molecular weight excluding hydrogens is 382 g/mol. The molecule has 0 N–H and O–H groups in total. The van der Waals surface area contributed by atoms with Crippen molar-refractivity contribution < 1.29 is 8.42 Å². The van der Waals surface area contributed by atoms with Crippen molar-refractivity contribution in [1.29, 1.82) is 0 Å². The predicted molar refractivity (Wildman–Crippen MR) is 95.2 cm³/mol. The fourth-order valence-electron chi connectivity index (χ4n) is 2.40. The van der Waals surface area contributed by atoms with E-state index < -0.39 is 10.0 Å². The van der Waals surface area contributed by atoms with Crippen LogP contribution in [0.25, 0.3) is 10.9 Å². The van der Waals surface area contributed by atoms with Crippen LogP contribution in [0, 0.1) is 6.92 Å². The molecule has 0 amide bonds. The van der Waals surface area contributed by atoms with Gasteiger partial charge in [-0.15, -0.1) is 11.8 Å². The van der Waals surface area contributed by atoms with E-state index in [9.17, 15) is 8.42 Å². The highest BCUT2D eigenvalue weighted by Crippen LogP contribution is 2.38. The molecule has 22 heavy (non-hydrogen) atoms. The summed E-state index contributed by atoms with van der Waals surface area (Å²) < 4.78 is 28.0. The largest absolute Gasteiger partial charge is 0.269 e. The van der Waals surface area contributed by atoms with E-state index in [1.807, 2.05) is 49.6 Å². The zero-order chi connectivity index (χ0) is 15.9. The van der Waals surface area contributed by atoms with Crippen LogP contribution in [-0.2, 0) is 10.0 Å². The number of benzene rings is 2. The van der Waals surface area contributed by atoms with E-state index in [1.165, 1.54) is 15.7 Å². The van der Waals surface area contributed by atoms with Crippen LogP contribution in [0.15, 0.2) is 62.9 Å². The highest BCUT2D eigenvalue weighted by Gasteiger charge is 2.25. The van der Waals surface area contributed by atoms with E-state index in [2.05, 4.69) is 15.9 Å². The number of aromatic nitrogens is 1. The topological polar surface area (TPSA) is 39.1 Å². The third-order valence-electron chi connectivity index (χ3n) is 3.50. The summed E-state index contributed by atoms with van der Waals surface area (Å²) in [5.74, 6) is 0. The molecule has 3 aromatic rings. The Balaban J connectivity index is 2.34. The zero-order valence-corrected chi connectivity index (χ0v) is 15.3. The van der Waals surface area contributed by atoms with Gasteiger partial charge in [0.25, 0.3) is 10.0 Å². The molecule has 3 nitrogen and oxygen atoms in total. The van der Waals surface area contributed by atoms with Gasteiger partial charge in [0.05, 0.1) is 10.4 Å². The Kier molecular flexibility index (Phi) is 4.09. The lowest BCUT2D eigenvalue weighted by Crippen LogP contribution is -2.13. The van der Waals surface area contributed by atoms with Crippen LogP contribution in [0.4, 0.5) is 0 Å². The second-order valence-corrected chi connectivity index (χ2v) is 8.28. The molecule has 0 atom stereocenters. The monoisotopic (exact) mass is 395 g/mol. The number of rotatable bonds is 3. The van der Waals surface area contributed by atoms with Crippen LogP contribution in [0.5, 0.6) is 0 Å². The first-order chi connectivity index (χ1) is 10.5. The van der Waals surface area contributed by atoms with Crippen LogP contribution in [-0.4, -0.2) is 18.6 Å². The summed E-state index contributed by atoms with van der Waals surface area (Å²) >= 11 is 4.99. The first-order valence-electron chi connectivity index (χ1n) is 6.62. The summed E-state index contributed by atoms with van der Waals surface area (Å²) in [7, 11) is -3.65. The molecule has 0 radical (unpaired) electrons. The number of para-hydroxylation sites is 1. The average Bonchev–Trinajstić information content (AvgIpc) is 2.79. The van der Waals surface area contributed by atoms with Gasteiger partial charge in [0.2, 0.25) is 0 Å². The molecule has 114 valence electrons. The zero-order valence-electron chi connectivity index (χ0n) is 12.1. The Bertz CT molecular complexity index is 944. The van der Waals surface area contributed by atoms with Crippen LogP contribution in [0.3, 0.4) is 0 Å². The molecule has 0 aliphatic carbocycles. The van der Waals surface area contributed by atoms with Crippen LogP contribution >= 0.6 is 27.7 Å². The number of fused-ring (bicyclic) bond motifs is 1. The molecule has 2 aromatic carbocycles. The summed E-state index contributed by atoms with van der Waals surface area (Å²) in [6.45, 7) is 1.93. The molecule has 0 aliphatic rings. The van der Waals surface area contributed by atoms with Gasteiger partial charge in [-0.2, -0.15) is 0 Å². The number of halogens is 1. The van der Waals surface area contributed by atoms with Crippen molar-refractivity contribution in [3.63, 3.8) is 0 Å². The summed E-state index contributed by atoms with van der Waals surface area (Å²) in [5, 5.41) is 0.928. The van der Waals surface area contributed by atoms with E-state index >= 15 is 0 Å². The van der Waals surface area contributed by atoms with Crippen LogP contribution in [0.2, 0.25) is 0 Å². The van der Waals surface area contributed by atoms with Crippen molar-refractivity contribution in [1.82, 2.24) is 3.97 Å². The molecule has 0 saturated heterocycles. The quantitative estimate of drug-likeness (QED) is 0.604. The standard InChI is InChI=1S/C16H14BrNO2S2/c1-11-7-9-12(10-8-11)22(19,20)18-14-6-4-3-5-13(14)15(21-2)16(18)17/h3-10H,1-2H3. The Morgan fingerprint density at radius 2 is 1.68 bits per heavy atom. The highest BCUT2D eigenvalue weighted by molar-refractivity contribution is 9.10. The van der Waals surface area contributed by atoms with Crippen molar-refractivity contribution in [2.45, 2.75) is 16.7 Å². The number of hydrogen-bond donors (Lipinski definition) is 0. The maximum atomic E-state index is 13.0. The Hall–Kier alpha value is -1.24. The summed E-state index contributed by atoms with van der Waals surface area (Å²) in [4.78, 5) is 1.21. The minimum atomic E-state index is -3.65. The molecule has 3 rings (SSSR count). The van der Waals surface area contributed by atoms with Crippen molar-refractivity contribution in [3.05, 3.63) is 58.7 Å². The van der Waals surface area contributed by atoms with Crippen molar-refractivity contribution in [2.75, 3.05) is 6.26 Å². The maximum absolute atomic E-state index is 13.0. The number of nitrogens with zero attached hydrogens (tertiary/aromatic N) is 1. The molecule has 0 aliphatic heterocycles. The lowest BCUT2D eigenvalue weighted by atomic mass is 10.2. The molecule has 0 bridgehead atoms. The lowest BCUT2D eigenvalue weighted by molar-refractivity contribution is 0.588. The van der Waals surface area contributed by atoms with Gasteiger partial charge in [0.1, 0.15) is 4.60 Å². The Labute approximate surface area is 142 Å². The second kappa shape index (κ2) is 5.76. The molecular formula is C16H14BrNO2S2. The first-order valence-corrected chi connectivity index (χ1v) is 10.1. The van der Waals surface area contributed by atoms with E-state index in [0.717, 1.165) is 15.8 Å². The Morgan fingerprint density at radius 1 is 1.05 bits per heavy atom. The molecule has 1 aromatic heterocycles. The van der Waals surface area contributed by atoms with Gasteiger partial charge < -0.3 is 0 Å². The molecule has 6 heteroatoms. The van der Waals surface area contributed by atoms with Gasteiger partial charge in [0, 0.05) is 10.3 Å². The van der Waals surface area contributed by atoms with Crippen molar-refractivity contribution in [2.24, 2.45) is 0 Å². The Morgan fingerprint density at radius 3 is 2.32 bits per heavy atom. The minimum Gasteiger partial charge on any atom is -0.226 e. The molecule has 0 spiro atoms. The maximum Gasteiger partial charge on any atom is 0.269 e. The second-order valence-electron chi connectivity index (χ2n) is 4.92. The van der Waals surface area contributed by atoms with Crippen molar-refractivity contribution in [3.8, 4) is 0 Å². The fourth-order valence-corrected chi connectivity index (χ4v) is 5.98. The molecule has 0 fully saturated rings. The van der Waals surface area contributed by atoms with Crippen LogP contribution < -0.4 is 0 Å². The normalized spacial score (nSPS) is 12.0. The third kappa shape index (κ3) is 2.39. The van der Waals surface area contributed by atoms with E-state index in [4.69, 9.17) is 0 Å².